The van der Waals surface area contributed by atoms with Gasteiger partial charge in [0.15, 0.2) is 0 Å². The first-order valence-electron chi connectivity index (χ1n) is 6.22. The van der Waals surface area contributed by atoms with Crippen LogP contribution in [0.25, 0.3) is 10.9 Å². The van der Waals surface area contributed by atoms with Crippen LogP contribution in [-0.2, 0) is 5.75 Å². The number of H-pyrrole nitrogens is 1. The van der Waals surface area contributed by atoms with Gasteiger partial charge >= 0.3 is 0 Å². The van der Waals surface area contributed by atoms with E-state index in [2.05, 4.69) is 17.1 Å². The molecule has 0 spiro atoms. The zero-order valence-electron chi connectivity index (χ0n) is 10.6. The quantitative estimate of drug-likeness (QED) is 0.724. The molecule has 0 saturated carbocycles. The largest absolute Gasteiger partial charge is 0.322 e. The molecule has 0 atom stereocenters. The number of hydrogen-bond donors (Lipinski definition) is 1. The molecule has 20 heavy (non-hydrogen) atoms. The van der Waals surface area contributed by atoms with Gasteiger partial charge in [-0.25, -0.2) is 0 Å². The normalized spacial score (nSPS) is 10.8. The lowest BCUT2D eigenvalue weighted by molar-refractivity contribution is 1.26. The molecule has 0 aliphatic heterocycles. The second-order valence-corrected chi connectivity index (χ2v) is 5.92. The summed E-state index contributed by atoms with van der Waals surface area (Å²) in [6, 6.07) is 17.4. The fraction of sp³-hybridized carbons (Fsp3) is 0.0625. The minimum absolute atomic E-state index is 0.102. The summed E-state index contributed by atoms with van der Waals surface area (Å²) in [5, 5.41) is 1.65. The number of benzene rings is 2. The Morgan fingerprint density at radius 2 is 1.85 bits per heavy atom. The molecule has 2 nitrogen and oxygen atoms in total. The first kappa shape index (κ1) is 13.3. The summed E-state index contributed by atoms with van der Waals surface area (Å²) in [4.78, 5) is 15.5. The molecule has 1 aromatic heterocycles. The number of pyridine rings is 1. The standard InChI is InChI=1S/C16H12ClNOS/c17-12-6-7-13-14(8-12)18-16(19)9-15(13)20-10-11-4-2-1-3-5-11/h1-9H,10H2,(H,18,19). The monoisotopic (exact) mass is 301 g/mol. The average molecular weight is 302 g/mol. The number of rotatable bonds is 3. The molecule has 1 N–H and O–H groups in total. The first-order valence-corrected chi connectivity index (χ1v) is 7.58. The Kier molecular flexibility index (Phi) is 3.81. The summed E-state index contributed by atoms with van der Waals surface area (Å²) in [5.41, 5.74) is 1.91. The Labute approximate surface area is 125 Å². The number of thioether (sulfide) groups is 1. The summed E-state index contributed by atoms with van der Waals surface area (Å²) in [7, 11) is 0. The molecule has 0 saturated heterocycles. The van der Waals surface area contributed by atoms with Gasteiger partial charge in [-0.15, -0.1) is 11.8 Å². The second kappa shape index (κ2) is 5.73. The zero-order valence-corrected chi connectivity index (χ0v) is 12.2. The predicted molar refractivity (Wildman–Crippen MR) is 85.6 cm³/mol. The van der Waals surface area contributed by atoms with E-state index < -0.39 is 0 Å². The minimum atomic E-state index is -0.102. The van der Waals surface area contributed by atoms with E-state index in [0.29, 0.717) is 5.02 Å². The van der Waals surface area contributed by atoms with Gasteiger partial charge in [0, 0.05) is 27.1 Å². The summed E-state index contributed by atoms with van der Waals surface area (Å²) >= 11 is 7.63. The highest BCUT2D eigenvalue weighted by molar-refractivity contribution is 7.98. The van der Waals surface area contributed by atoms with Crippen molar-refractivity contribution in [3.8, 4) is 0 Å². The van der Waals surface area contributed by atoms with Crippen LogP contribution in [-0.4, -0.2) is 4.98 Å². The summed E-state index contributed by atoms with van der Waals surface area (Å²) in [6.45, 7) is 0. The van der Waals surface area contributed by atoms with Gasteiger partial charge in [0.1, 0.15) is 0 Å². The average Bonchev–Trinajstić information content (AvgIpc) is 2.45. The van der Waals surface area contributed by atoms with Crippen molar-refractivity contribution in [3.63, 3.8) is 0 Å². The highest BCUT2D eigenvalue weighted by Gasteiger charge is 2.05. The Balaban J connectivity index is 1.97. The van der Waals surface area contributed by atoms with Crippen molar-refractivity contribution in [2.75, 3.05) is 0 Å². The smallest absolute Gasteiger partial charge is 0.249 e. The van der Waals surface area contributed by atoms with E-state index in [1.165, 1.54) is 5.56 Å². The van der Waals surface area contributed by atoms with Crippen LogP contribution in [0.1, 0.15) is 5.56 Å². The number of fused-ring (bicyclic) bond motifs is 1. The van der Waals surface area contributed by atoms with Gasteiger partial charge in [-0.2, -0.15) is 0 Å². The van der Waals surface area contributed by atoms with Gasteiger partial charge in [0.25, 0.3) is 0 Å². The van der Waals surface area contributed by atoms with Gasteiger partial charge in [-0.3, -0.25) is 4.79 Å². The first-order chi connectivity index (χ1) is 9.72. The van der Waals surface area contributed by atoms with Gasteiger partial charge in [0.05, 0.1) is 5.52 Å². The molecule has 0 aliphatic rings. The molecule has 4 heteroatoms. The molecule has 0 radical (unpaired) electrons. The third-order valence-electron chi connectivity index (χ3n) is 3.00. The van der Waals surface area contributed by atoms with E-state index in [4.69, 9.17) is 11.6 Å². The predicted octanol–water partition coefficient (Wildman–Crippen LogP) is 4.47. The van der Waals surface area contributed by atoms with Gasteiger partial charge in [-0.05, 0) is 17.7 Å². The van der Waals surface area contributed by atoms with E-state index in [-0.39, 0.29) is 5.56 Å². The highest BCUT2D eigenvalue weighted by Crippen LogP contribution is 2.29. The maximum atomic E-state index is 11.7. The summed E-state index contributed by atoms with van der Waals surface area (Å²) in [6.07, 6.45) is 0. The van der Waals surface area contributed by atoms with Crippen LogP contribution < -0.4 is 5.56 Å². The molecule has 100 valence electrons. The van der Waals surface area contributed by atoms with E-state index >= 15 is 0 Å². The Hall–Kier alpha value is -1.71. The Morgan fingerprint density at radius 1 is 1.05 bits per heavy atom. The maximum Gasteiger partial charge on any atom is 0.249 e. The van der Waals surface area contributed by atoms with E-state index in [9.17, 15) is 4.79 Å². The lowest BCUT2D eigenvalue weighted by Crippen LogP contribution is -2.04. The van der Waals surface area contributed by atoms with Crippen molar-refractivity contribution in [2.45, 2.75) is 10.6 Å². The Bertz CT molecular complexity index is 798. The molecule has 0 aliphatic carbocycles. The molecule has 0 amide bonds. The van der Waals surface area contributed by atoms with Crippen molar-refractivity contribution in [2.24, 2.45) is 0 Å². The van der Waals surface area contributed by atoms with Crippen LogP contribution in [0.15, 0.2) is 64.3 Å². The third-order valence-corrected chi connectivity index (χ3v) is 4.37. The molecular weight excluding hydrogens is 290 g/mol. The van der Waals surface area contributed by atoms with Crippen LogP contribution in [0, 0.1) is 0 Å². The molecule has 1 heterocycles. The van der Waals surface area contributed by atoms with Crippen molar-refractivity contribution < 1.29 is 0 Å². The number of aromatic amines is 1. The molecule has 3 rings (SSSR count). The van der Waals surface area contributed by atoms with Crippen LogP contribution in [0.4, 0.5) is 0 Å². The van der Waals surface area contributed by atoms with Crippen LogP contribution in [0.2, 0.25) is 5.02 Å². The number of aromatic nitrogens is 1. The molecule has 0 bridgehead atoms. The topological polar surface area (TPSA) is 32.9 Å². The second-order valence-electron chi connectivity index (χ2n) is 4.46. The molecule has 2 aromatic carbocycles. The number of halogens is 1. The van der Waals surface area contributed by atoms with Crippen LogP contribution >= 0.6 is 23.4 Å². The van der Waals surface area contributed by atoms with E-state index in [1.54, 1.807) is 23.9 Å². The minimum Gasteiger partial charge on any atom is -0.322 e. The maximum absolute atomic E-state index is 11.7. The molecular formula is C16H12ClNOS. The lowest BCUT2D eigenvalue weighted by Gasteiger charge is -2.06. The molecule has 0 fully saturated rings. The molecule has 0 unspecified atom stereocenters. The summed E-state index contributed by atoms with van der Waals surface area (Å²) in [5.74, 6) is 0.835. The fourth-order valence-electron chi connectivity index (χ4n) is 2.06. The highest BCUT2D eigenvalue weighted by atomic mass is 35.5. The van der Waals surface area contributed by atoms with Crippen molar-refractivity contribution in [3.05, 3.63) is 75.5 Å². The van der Waals surface area contributed by atoms with Crippen molar-refractivity contribution >= 4 is 34.3 Å². The third kappa shape index (κ3) is 2.89. The van der Waals surface area contributed by atoms with Gasteiger partial charge in [-0.1, -0.05) is 48.0 Å². The van der Waals surface area contributed by atoms with Crippen molar-refractivity contribution in [1.82, 2.24) is 4.98 Å². The van der Waals surface area contributed by atoms with Crippen LogP contribution in [0.3, 0.4) is 0 Å². The van der Waals surface area contributed by atoms with E-state index in [1.807, 2.05) is 30.3 Å². The zero-order chi connectivity index (χ0) is 13.9. The fourth-order valence-corrected chi connectivity index (χ4v) is 3.27. The molecule has 3 aromatic rings. The van der Waals surface area contributed by atoms with Gasteiger partial charge < -0.3 is 4.98 Å². The summed E-state index contributed by atoms with van der Waals surface area (Å²) < 4.78 is 0. The number of hydrogen-bond acceptors (Lipinski definition) is 2. The SMILES string of the molecule is O=c1cc(SCc2ccccc2)c2ccc(Cl)cc2[nH]1. The Morgan fingerprint density at radius 3 is 2.65 bits per heavy atom. The lowest BCUT2D eigenvalue weighted by atomic mass is 10.2. The van der Waals surface area contributed by atoms with Gasteiger partial charge in [0.2, 0.25) is 5.56 Å². The number of nitrogens with one attached hydrogen (secondary N) is 1. The van der Waals surface area contributed by atoms with Crippen molar-refractivity contribution in [1.29, 1.82) is 0 Å². The van der Waals surface area contributed by atoms with E-state index in [0.717, 1.165) is 21.6 Å². The van der Waals surface area contributed by atoms with Crippen LogP contribution in [0.5, 0.6) is 0 Å².